The lowest BCUT2D eigenvalue weighted by Crippen LogP contribution is -2.23. The number of rotatable bonds is 7. The van der Waals surface area contributed by atoms with E-state index in [0.29, 0.717) is 12.8 Å². The molecule has 0 aromatic carbocycles. The number of carbonyl (C=O) groups is 1. The monoisotopic (exact) mass is 272 g/mol. The van der Waals surface area contributed by atoms with E-state index in [4.69, 9.17) is 15.4 Å². The Balaban J connectivity index is 3.92. The molecule has 0 aromatic heterocycles. The third-order valence-corrected chi connectivity index (χ3v) is 2.59. The van der Waals surface area contributed by atoms with Crippen molar-refractivity contribution in [2.75, 3.05) is 13.2 Å². The Labute approximate surface area is 101 Å². The molecule has 7 heteroatoms. The molecule has 0 atom stereocenters. The predicted octanol–water partition coefficient (Wildman–Crippen LogP) is 1.86. The second kappa shape index (κ2) is 6.42. The van der Waals surface area contributed by atoms with Gasteiger partial charge in [-0.2, -0.15) is 8.42 Å². The van der Waals surface area contributed by atoms with E-state index in [0.717, 1.165) is 0 Å². The highest BCUT2D eigenvalue weighted by molar-refractivity contribution is 8.09. The lowest BCUT2D eigenvalue weighted by atomic mass is 9.91. The molecule has 16 heavy (non-hydrogen) atoms. The van der Waals surface area contributed by atoms with Crippen LogP contribution in [0.15, 0.2) is 0 Å². The average Bonchev–Trinajstić information content (AvgIpc) is 2.13. The van der Waals surface area contributed by atoms with E-state index in [2.05, 4.69) is 4.18 Å². The van der Waals surface area contributed by atoms with Gasteiger partial charge in [0.1, 0.15) is 0 Å². The van der Waals surface area contributed by atoms with Crippen LogP contribution in [0.4, 0.5) is 0 Å². The van der Waals surface area contributed by atoms with Gasteiger partial charge in [-0.1, -0.05) is 20.8 Å². The first-order valence-corrected chi connectivity index (χ1v) is 7.14. The number of hydrogen-bond acceptors (Lipinski definition) is 5. The average molecular weight is 273 g/mol. The molecule has 0 aliphatic carbocycles. The van der Waals surface area contributed by atoms with Crippen LogP contribution in [0, 0.1) is 5.41 Å². The van der Waals surface area contributed by atoms with Crippen molar-refractivity contribution in [3.05, 3.63) is 0 Å². The lowest BCUT2D eigenvalue weighted by Gasteiger charge is -2.22. The summed E-state index contributed by atoms with van der Waals surface area (Å²) >= 11 is 0. The largest absolute Gasteiger partial charge is 0.466 e. The topological polar surface area (TPSA) is 69.7 Å². The van der Waals surface area contributed by atoms with Gasteiger partial charge < -0.3 is 4.74 Å². The van der Waals surface area contributed by atoms with Gasteiger partial charge in [-0.25, -0.2) is 0 Å². The molecule has 0 spiro atoms. The fourth-order valence-corrected chi connectivity index (χ4v) is 1.44. The summed E-state index contributed by atoms with van der Waals surface area (Å²) in [7, 11) is 0.972. The van der Waals surface area contributed by atoms with Crippen molar-refractivity contribution >= 4 is 26.0 Å². The molecule has 0 unspecified atom stereocenters. The Bertz CT molecular complexity index is 323. The highest BCUT2D eigenvalue weighted by Gasteiger charge is 2.21. The van der Waals surface area contributed by atoms with E-state index >= 15 is 0 Å². The number of hydrogen-bond donors (Lipinski definition) is 0. The van der Waals surface area contributed by atoms with Crippen molar-refractivity contribution in [1.82, 2.24) is 0 Å². The number of carbonyl (C=O) groups excluding carboxylic acids is 1. The standard InChI is InChI=1S/C9H17ClO5S/c1-4-8(11)14-6-5-9(2,3)7-15-16(10,12)13/h4-7H2,1-3H3. The maximum absolute atomic E-state index is 10.8. The minimum atomic E-state index is -3.94. The predicted molar refractivity (Wildman–Crippen MR) is 60.4 cm³/mol. The molecule has 0 aromatic rings. The van der Waals surface area contributed by atoms with Crippen LogP contribution in [0.1, 0.15) is 33.6 Å². The van der Waals surface area contributed by atoms with Gasteiger partial charge in [0.05, 0.1) is 13.2 Å². The number of ether oxygens (including phenoxy) is 1. The van der Waals surface area contributed by atoms with Crippen LogP contribution in [-0.4, -0.2) is 27.6 Å². The molecule has 0 fully saturated rings. The fourth-order valence-electron chi connectivity index (χ4n) is 0.845. The van der Waals surface area contributed by atoms with Crippen molar-refractivity contribution in [3.8, 4) is 0 Å². The smallest absolute Gasteiger partial charge is 0.355 e. The summed E-state index contributed by atoms with van der Waals surface area (Å²) in [6, 6.07) is 0. The van der Waals surface area contributed by atoms with Gasteiger partial charge in [-0.15, -0.1) is 0 Å². The molecule has 0 radical (unpaired) electrons. The highest BCUT2D eigenvalue weighted by Crippen LogP contribution is 2.22. The van der Waals surface area contributed by atoms with Crippen molar-refractivity contribution in [2.24, 2.45) is 5.41 Å². The van der Waals surface area contributed by atoms with Gasteiger partial charge in [-0.05, 0) is 11.8 Å². The lowest BCUT2D eigenvalue weighted by molar-refractivity contribution is -0.144. The molecule has 0 amide bonds. The van der Waals surface area contributed by atoms with Crippen LogP contribution < -0.4 is 0 Å². The zero-order chi connectivity index (χ0) is 12.8. The van der Waals surface area contributed by atoms with Crippen molar-refractivity contribution in [1.29, 1.82) is 0 Å². The van der Waals surface area contributed by atoms with Crippen LogP contribution in [0.25, 0.3) is 0 Å². The van der Waals surface area contributed by atoms with Gasteiger partial charge >= 0.3 is 15.3 Å². The Morgan fingerprint density at radius 3 is 2.38 bits per heavy atom. The van der Waals surface area contributed by atoms with E-state index in [1.165, 1.54) is 0 Å². The Kier molecular flexibility index (Phi) is 6.28. The second-order valence-electron chi connectivity index (χ2n) is 4.14. The van der Waals surface area contributed by atoms with Gasteiger partial charge in [-0.3, -0.25) is 8.98 Å². The van der Waals surface area contributed by atoms with E-state index in [-0.39, 0.29) is 19.2 Å². The van der Waals surface area contributed by atoms with Crippen LogP contribution in [0.2, 0.25) is 0 Å². The maximum Gasteiger partial charge on any atom is 0.355 e. The maximum atomic E-state index is 10.8. The van der Waals surface area contributed by atoms with Crippen LogP contribution in [0.5, 0.6) is 0 Å². The van der Waals surface area contributed by atoms with E-state index in [9.17, 15) is 13.2 Å². The summed E-state index contributed by atoms with van der Waals surface area (Å²) in [4.78, 5) is 10.8. The first kappa shape index (κ1) is 15.7. The van der Waals surface area contributed by atoms with Crippen LogP contribution in [-0.2, 0) is 23.0 Å². The quantitative estimate of drug-likeness (QED) is 0.523. The van der Waals surface area contributed by atoms with E-state index in [1.807, 2.05) is 0 Å². The normalized spacial score (nSPS) is 12.5. The SMILES string of the molecule is CCC(=O)OCCC(C)(C)COS(=O)(=O)Cl. The summed E-state index contributed by atoms with van der Waals surface area (Å²) in [6.07, 6.45) is 0.831. The van der Waals surface area contributed by atoms with Crippen molar-refractivity contribution in [2.45, 2.75) is 33.6 Å². The molecule has 0 saturated heterocycles. The molecule has 5 nitrogen and oxygen atoms in total. The van der Waals surface area contributed by atoms with Crippen LogP contribution in [0.3, 0.4) is 0 Å². The molecule has 0 saturated carbocycles. The molecule has 0 bridgehead atoms. The van der Waals surface area contributed by atoms with Crippen molar-refractivity contribution in [3.63, 3.8) is 0 Å². The molecule has 0 rings (SSSR count). The third kappa shape index (κ3) is 8.94. The Morgan fingerprint density at radius 2 is 1.94 bits per heavy atom. The molecule has 0 heterocycles. The van der Waals surface area contributed by atoms with Crippen LogP contribution >= 0.6 is 10.7 Å². The van der Waals surface area contributed by atoms with Gasteiger partial charge in [0, 0.05) is 17.1 Å². The first-order chi connectivity index (χ1) is 7.16. The third-order valence-electron chi connectivity index (χ3n) is 1.92. The number of esters is 1. The zero-order valence-corrected chi connectivity index (χ0v) is 11.2. The first-order valence-electron chi connectivity index (χ1n) is 4.91. The van der Waals surface area contributed by atoms with E-state index in [1.54, 1.807) is 20.8 Å². The summed E-state index contributed by atoms with van der Waals surface area (Å²) < 4.78 is 30.5. The second-order valence-corrected chi connectivity index (χ2v) is 6.30. The summed E-state index contributed by atoms with van der Waals surface area (Å²) in [5, 5.41) is 0. The minimum Gasteiger partial charge on any atom is -0.466 e. The summed E-state index contributed by atoms with van der Waals surface area (Å²) in [5.74, 6) is -0.276. The summed E-state index contributed by atoms with van der Waals surface area (Å²) in [6.45, 7) is 5.51. The molecule has 0 N–H and O–H groups in total. The van der Waals surface area contributed by atoms with Gasteiger partial charge in [0.2, 0.25) is 0 Å². The fraction of sp³-hybridized carbons (Fsp3) is 0.889. The Morgan fingerprint density at radius 1 is 1.38 bits per heavy atom. The molecule has 0 aliphatic rings. The molecular weight excluding hydrogens is 256 g/mol. The Hall–Kier alpha value is -0.330. The zero-order valence-electron chi connectivity index (χ0n) is 9.66. The van der Waals surface area contributed by atoms with Crippen molar-refractivity contribution < 1.29 is 22.1 Å². The molecule has 96 valence electrons. The molecular formula is C9H17ClO5S. The summed E-state index contributed by atoms with van der Waals surface area (Å²) in [5.41, 5.74) is -0.421. The number of halogens is 1. The minimum absolute atomic E-state index is 0.0392. The van der Waals surface area contributed by atoms with Gasteiger partial charge in [0.25, 0.3) is 0 Å². The van der Waals surface area contributed by atoms with Gasteiger partial charge in [0.15, 0.2) is 0 Å². The van der Waals surface area contributed by atoms with E-state index < -0.39 is 14.7 Å². The highest BCUT2D eigenvalue weighted by atomic mass is 35.7. The molecule has 0 aliphatic heterocycles.